The van der Waals surface area contributed by atoms with Crippen molar-refractivity contribution >= 4 is 5.69 Å². The van der Waals surface area contributed by atoms with Crippen LogP contribution in [0.15, 0.2) is 54.9 Å². The van der Waals surface area contributed by atoms with Gasteiger partial charge in [0.05, 0.1) is 0 Å². The third-order valence-electron chi connectivity index (χ3n) is 3.93. The molecule has 0 unspecified atom stereocenters. The first-order valence-corrected chi connectivity index (χ1v) is 7.33. The van der Waals surface area contributed by atoms with Crippen LogP contribution in [0, 0.1) is 0 Å². The van der Waals surface area contributed by atoms with E-state index in [9.17, 15) is 0 Å². The van der Waals surface area contributed by atoms with Gasteiger partial charge >= 0.3 is 0 Å². The van der Waals surface area contributed by atoms with Gasteiger partial charge in [-0.25, -0.2) is 0 Å². The molecule has 0 spiro atoms. The summed E-state index contributed by atoms with van der Waals surface area (Å²) in [6, 6.07) is 14.9. The maximum Gasteiger partial charge on any atom is 0.0367 e. The standard InChI is InChI=1S/C17H21N3/c1-2-6-17(7-3-1)20-13-11-19(12-14-20)10-8-16-5-4-9-18-15-16/h1-7,9,15H,8,10-14H2. The molecule has 1 aromatic carbocycles. The Kier molecular flexibility index (Phi) is 4.28. The molecule has 1 aromatic heterocycles. The second kappa shape index (κ2) is 6.53. The Morgan fingerprint density at radius 2 is 1.70 bits per heavy atom. The van der Waals surface area contributed by atoms with Crippen molar-refractivity contribution in [3.8, 4) is 0 Å². The maximum atomic E-state index is 4.17. The molecule has 1 aliphatic rings. The van der Waals surface area contributed by atoms with Crippen molar-refractivity contribution < 1.29 is 0 Å². The lowest BCUT2D eigenvalue weighted by Crippen LogP contribution is -2.46. The van der Waals surface area contributed by atoms with Gasteiger partial charge in [-0.05, 0) is 30.2 Å². The molecule has 3 rings (SSSR count). The Balaban J connectivity index is 1.47. The number of rotatable bonds is 4. The van der Waals surface area contributed by atoms with Gasteiger partial charge in [-0.3, -0.25) is 9.88 Å². The minimum atomic E-state index is 1.10. The summed E-state index contributed by atoms with van der Waals surface area (Å²) in [5.74, 6) is 0. The van der Waals surface area contributed by atoms with Crippen LogP contribution in [-0.4, -0.2) is 42.6 Å². The SMILES string of the molecule is c1ccc(N2CCN(CCc3cccnc3)CC2)cc1. The van der Waals surface area contributed by atoms with Gasteiger partial charge in [0.25, 0.3) is 0 Å². The number of piperazine rings is 1. The fraction of sp³-hybridized carbons (Fsp3) is 0.353. The molecule has 0 saturated carbocycles. The van der Waals surface area contributed by atoms with Gasteiger partial charge in [0.2, 0.25) is 0 Å². The molecule has 0 N–H and O–H groups in total. The van der Waals surface area contributed by atoms with E-state index in [0.717, 1.165) is 39.1 Å². The van der Waals surface area contributed by atoms with Gasteiger partial charge in [0, 0.05) is 50.8 Å². The van der Waals surface area contributed by atoms with Crippen LogP contribution in [0.3, 0.4) is 0 Å². The number of anilines is 1. The summed E-state index contributed by atoms with van der Waals surface area (Å²) in [6.07, 6.45) is 4.90. The van der Waals surface area contributed by atoms with E-state index in [0.29, 0.717) is 0 Å². The number of benzene rings is 1. The predicted octanol–water partition coefficient (Wildman–Crippen LogP) is 2.45. The second-order valence-electron chi connectivity index (χ2n) is 5.28. The van der Waals surface area contributed by atoms with Crippen molar-refractivity contribution in [2.24, 2.45) is 0 Å². The summed E-state index contributed by atoms with van der Waals surface area (Å²) in [5.41, 5.74) is 2.68. The minimum Gasteiger partial charge on any atom is -0.369 e. The molecular formula is C17H21N3. The third-order valence-corrected chi connectivity index (χ3v) is 3.93. The summed E-state index contributed by atoms with van der Waals surface area (Å²) in [4.78, 5) is 9.19. The average molecular weight is 267 g/mol. The van der Waals surface area contributed by atoms with Crippen molar-refractivity contribution in [2.45, 2.75) is 6.42 Å². The first-order chi connectivity index (χ1) is 9.92. The molecule has 104 valence electrons. The molecule has 2 aromatic rings. The number of pyridine rings is 1. The molecule has 0 amide bonds. The molecule has 0 aliphatic carbocycles. The zero-order valence-corrected chi connectivity index (χ0v) is 11.8. The van der Waals surface area contributed by atoms with Crippen LogP contribution in [0.25, 0.3) is 0 Å². The number of nitrogens with zero attached hydrogens (tertiary/aromatic N) is 3. The van der Waals surface area contributed by atoms with Gasteiger partial charge in [-0.1, -0.05) is 24.3 Å². The Bertz CT molecular complexity index is 504. The normalized spacial score (nSPS) is 16.3. The second-order valence-corrected chi connectivity index (χ2v) is 5.28. The number of hydrogen-bond acceptors (Lipinski definition) is 3. The van der Waals surface area contributed by atoms with Crippen molar-refractivity contribution in [1.29, 1.82) is 0 Å². The molecule has 20 heavy (non-hydrogen) atoms. The molecule has 3 nitrogen and oxygen atoms in total. The summed E-state index contributed by atoms with van der Waals surface area (Å²) < 4.78 is 0. The summed E-state index contributed by atoms with van der Waals surface area (Å²) in [7, 11) is 0. The topological polar surface area (TPSA) is 19.4 Å². The van der Waals surface area contributed by atoms with E-state index in [4.69, 9.17) is 0 Å². The lowest BCUT2D eigenvalue weighted by molar-refractivity contribution is 0.261. The van der Waals surface area contributed by atoms with E-state index in [-0.39, 0.29) is 0 Å². The van der Waals surface area contributed by atoms with E-state index < -0.39 is 0 Å². The van der Waals surface area contributed by atoms with Crippen LogP contribution in [0.4, 0.5) is 5.69 Å². The highest BCUT2D eigenvalue weighted by atomic mass is 15.3. The summed E-state index contributed by atoms with van der Waals surface area (Å²) >= 11 is 0. The molecule has 0 radical (unpaired) electrons. The van der Waals surface area contributed by atoms with Crippen LogP contribution in [-0.2, 0) is 6.42 Å². The van der Waals surface area contributed by atoms with Gasteiger partial charge in [-0.15, -0.1) is 0 Å². The predicted molar refractivity (Wildman–Crippen MR) is 83.0 cm³/mol. The fourth-order valence-corrected chi connectivity index (χ4v) is 2.70. The Morgan fingerprint density at radius 3 is 2.40 bits per heavy atom. The Labute approximate surface area is 120 Å². The quantitative estimate of drug-likeness (QED) is 0.848. The van der Waals surface area contributed by atoms with Gasteiger partial charge < -0.3 is 4.90 Å². The highest BCUT2D eigenvalue weighted by Gasteiger charge is 2.16. The van der Waals surface area contributed by atoms with Crippen LogP contribution >= 0.6 is 0 Å². The van der Waals surface area contributed by atoms with E-state index in [2.05, 4.69) is 51.2 Å². The monoisotopic (exact) mass is 267 g/mol. The molecule has 1 saturated heterocycles. The van der Waals surface area contributed by atoms with E-state index in [1.807, 2.05) is 18.5 Å². The van der Waals surface area contributed by atoms with Crippen molar-refractivity contribution in [3.63, 3.8) is 0 Å². The van der Waals surface area contributed by atoms with Gasteiger partial charge in [0.1, 0.15) is 0 Å². The molecule has 3 heteroatoms. The lowest BCUT2D eigenvalue weighted by Gasteiger charge is -2.36. The Morgan fingerprint density at radius 1 is 0.900 bits per heavy atom. The first-order valence-electron chi connectivity index (χ1n) is 7.33. The van der Waals surface area contributed by atoms with Crippen LogP contribution in [0.2, 0.25) is 0 Å². The van der Waals surface area contributed by atoms with Crippen molar-refractivity contribution in [2.75, 3.05) is 37.6 Å². The molecule has 0 atom stereocenters. The van der Waals surface area contributed by atoms with Crippen LogP contribution < -0.4 is 4.90 Å². The summed E-state index contributed by atoms with van der Waals surface area (Å²) in [6.45, 7) is 5.67. The zero-order chi connectivity index (χ0) is 13.6. The van der Waals surface area contributed by atoms with E-state index in [1.54, 1.807) is 0 Å². The molecule has 1 aliphatic heterocycles. The van der Waals surface area contributed by atoms with Crippen molar-refractivity contribution in [3.05, 3.63) is 60.4 Å². The van der Waals surface area contributed by atoms with Gasteiger partial charge in [-0.2, -0.15) is 0 Å². The van der Waals surface area contributed by atoms with Crippen LogP contribution in [0.5, 0.6) is 0 Å². The van der Waals surface area contributed by atoms with E-state index >= 15 is 0 Å². The highest BCUT2D eigenvalue weighted by Crippen LogP contribution is 2.15. The highest BCUT2D eigenvalue weighted by molar-refractivity contribution is 5.46. The zero-order valence-electron chi connectivity index (χ0n) is 11.8. The summed E-state index contributed by atoms with van der Waals surface area (Å²) in [5, 5.41) is 0. The van der Waals surface area contributed by atoms with Gasteiger partial charge in [0.15, 0.2) is 0 Å². The molecule has 2 heterocycles. The molecule has 1 fully saturated rings. The average Bonchev–Trinajstić information content (AvgIpc) is 2.55. The Hall–Kier alpha value is -1.87. The molecule has 0 bridgehead atoms. The third kappa shape index (κ3) is 3.36. The lowest BCUT2D eigenvalue weighted by atomic mass is 10.2. The first kappa shape index (κ1) is 13.1. The number of para-hydroxylation sites is 1. The van der Waals surface area contributed by atoms with Crippen LogP contribution in [0.1, 0.15) is 5.56 Å². The van der Waals surface area contributed by atoms with Crippen molar-refractivity contribution in [1.82, 2.24) is 9.88 Å². The largest absolute Gasteiger partial charge is 0.369 e. The number of hydrogen-bond donors (Lipinski definition) is 0. The smallest absolute Gasteiger partial charge is 0.0367 e. The minimum absolute atomic E-state index is 1.10. The number of aromatic nitrogens is 1. The fourth-order valence-electron chi connectivity index (χ4n) is 2.70. The van der Waals surface area contributed by atoms with E-state index in [1.165, 1.54) is 11.3 Å². The molecular weight excluding hydrogens is 246 g/mol. The maximum absolute atomic E-state index is 4.17.